The number of benzene rings is 2. The Hall–Kier alpha value is -3.71. The second kappa shape index (κ2) is 11.8. The normalized spacial score (nSPS) is 20.6. The van der Waals surface area contributed by atoms with Crippen molar-refractivity contribution in [2.45, 2.75) is 63.5 Å². The number of ether oxygens (including phenoxy) is 1. The lowest BCUT2D eigenvalue weighted by molar-refractivity contribution is -0.121. The number of amides is 2. The van der Waals surface area contributed by atoms with Gasteiger partial charge < -0.3 is 20.7 Å². The van der Waals surface area contributed by atoms with E-state index in [2.05, 4.69) is 41.7 Å². The maximum atomic E-state index is 13.3. The molecular weight excluding hydrogens is 500 g/mol. The van der Waals surface area contributed by atoms with E-state index in [4.69, 9.17) is 15.5 Å². The van der Waals surface area contributed by atoms with Crippen LogP contribution in [0.2, 0.25) is 0 Å². The fourth-order valence-electron chi connectivity index (χ4n) is 6.16. The van der Waals surface area contributed by atoms with Crippen LogP contribution in [0.1, 0.15) is 57.4 Å². The van der Waals surface area contributed by atoms with Gasteiger partial charge in [-0.05, 0) is 68.1 Å². The van der Waals surface area contributed by atoms with Gasteiger partial charge in [-0.1, -0.05) is 61.5 Å². The third-order valence-corrected chi connectivity index (χ3v) is 9.09. The molecule has 1 aromatic heterocycles. The molecule has 40 heavy (non-hydrogen) atoms. The van der Waals surface area contributed by atoms with Crippen molar-refractivity contribution >= 4 is 17.7 Å². The van der Waals surface area contributed by atoms with E-state index >= 15 is 0 Å². The molecule has 210 valence electrons. The third kappa shape index (κ3) is 5.75. The highest BCUT2D eigenvalue weighted by Crippen LogP contribution is 2.40. The molecule has 2 aliphatic carbocycles. The molecule has 3 N–H and O–H groups in total. The van der Waals surface area contributed by atoms with Gasteiger partial charge in [0.05, 0.1) is 24.7 Å². The standard InChI is InChI=1S/C33H40N4O3/c1-22(23-12-16-28(17-13-23)37(2)32(39)40-3)31(38)36-27-20-29(24-8-5-4-6-9-24)30(35-21-27)25-10-14-26(15-11-25)33(34)18-7-19-33/h4-6,8-11,14-15,20-23,28H,7,12-13,16-19,34H2,1-3H3,(H,36,38)/t22?,23-,28-. The Kier molecular flexibility index (Phi) is 8.22. The van der Waals surface area contributed by atoms with Gasteiger partial charge in [0.15, 0.2) is 0 Å². The van der Waals surface area contributed by atoms with E-state index in [-0.39, 0.29) is 35.4 Å². The van der Waals surface area contributed by atoms with Gasteiger partial charge in [0.1, 0.15) is 0 Å². The van der Waals surface area contributed by atoms with Gasteiger partial charge in [-0.25, -0.2) is 4.79 Å². The molecule has 1 heterocycles. The van der Waals surface area contributed by atoms with Gasteiger partial charge in [-0.2, -0.15) is 0 Å². The number of carbonyl (C=O) groups is 2. The average molecular weight is 541 g/mol. The Balaban J connectivity index is 1.31. The second-order valence-electron chi connectivity index (χ2n) is 11.5. The lowest BCUT2D eigenvalue weighted by atomic mass is 9.72. The van der Waals surface area contributed by atoms with Crippen LogP contribution >= 0.6 is 0 Å². The number of hydrogen-bond acceptors (Lipinski definition) is 5. The predicted octanol–water partition coefficient (Wildman–Crippen LogP) is 6.59. The van der Waals surface area contributed by atoms with Gasteiger partial charge in [-0.15, -0.1) is 0 Å². The molecule has 0 bridgehead atoms. The van der Waals surface area contributed by atoms with Crippen molar-refractivity contribution in [3.63, 3.8) is 0 Å². The topological polar surface area (TPSA) is 97.5 Å². The smallest absolute Gasteiger partial charge is 0.409 e. The van der Waals surface area contributed by atoms with Crippen molar-refractivity contribution in [2.24, 2.45) is 17.6 Å². The molecule has 2 aromatic carbocycles. The van der Waals surface area contributed by atoms with Crippen molar-refractivity contribution in [3.05, 3.63) is 72.4 Å². The van der Waals surface area contributed by atoms with Crippen LogP contribution in [0.5, 0.6) is 0 Å². The molecular formula is C33H40N4O3. The van der Waals surface area contributed by atoms with E-state index in [0.717, 1.165) is 60.9 Å². The highest BCUT2D eigenvalue weighted by atomic mass is 16.5. The molecule has 5 rings (SSSR count). The predicted molar refractivity (Wildman–Crippen MR) is 159 cm³/mol. The van der Waals surface area contributed by atoms with E-state index in [1.807, 2.05) is 31.2 Å². The first-order chi connectivity index (χ1) is 19.3. The Bertz CT molecular complexity index is 1330. The number of methoxy groups -OCH3 is 1. The molecule has 0 aliphatic heterocycles. The summed E-state index contributed by atoms with van der Waals surface area (Å²) in [6.07, 6.45) is 8.20. The number of carbonyl (C=O) groups excluding carboxylic acids is 2. The lowest BCUT2D eigenvalue weighted by Gasteiger charge is -2.38. The molecule has 2 fully saturated rings. The maximum Gasteiger partial charge on any atom is 0.409 e. The minimum atomic E-state index is -0.308. The Morgan fingerprint density at radius 2 is 1.70 bits per heavy atom. The van der Waals surface area contributed by atoms with Crippen LogP contribution in [0.3, 0.4) is 0 Å². The van der Waals surface area contributed by atoms with Gasteiger partial charge in [-0.3, -0.25) is 9.78 Å². The van der Waals surface area contributed by atoms with E-state index in [0.29, 0.717) is 5.69 Å². The summed E-state index contributed by atoms with van der Waals surface area (Å²) < 4.78 is 4.86. The Morgan fingerprint density at radius 1 is 1.02 bits per heavy atom. The van der Waals surface area contributed by atoms with Gasteiger partial charge >= 0.3 is 6.09 Å². The third-order valence-electron chi connectivity index (χ3n) is 9.09. The molecule has 0 saturated heterocycles. The quantitative estimate of drug-likeness (QED) is 0.353. The average Bonchev–Trinajstić information content (AvgIpc) is 2.99. The van der Waals surface area contributed by atoms with Gasteiger partial charge in [0.25, 0.3) is 0 Å². The van der Waals surface area contributed by atoms with E-state index in [1.54, 1.807) is 18.1 Å². The first-order valence-electron chi connectivity index (χ1n) is 14.4. The van der Waals surface area contributed by atoms with Crippen LogP contribution in [-0.2, 0) is 15.1 Å². The van der Waals surface area contributed by atoms with Gasteiger partial charge in [0.2, 0.25) is 5.91 Å². The molecule has 3 aromatic rings. The maximum absolute atomic E-state index is 13.3. The summed E-state index contributed by atoms with van der Waals surface area (Å²) in [7, 11) is 3.19. The SMILES string of the molecule is COC(=O)N(C)[C@H]1CC[C@H](C(C)C(=O)Nc2cnc(-c3ccc(C4(N)CCC4)cc3)c(-c3ccccc3)c2)CC1. The summed E-state index contributed by atoms with van der Waals surface area (Å²) >= 11 is 0. The van der Waals surface area contributed by atoms with E-state index < -0.39 is 0 Å². The van der Waals surface area contributed by atoms with Crippen LogP contribution in [0.4, 0.5) is 10.5 Å². The molecule has 2 amide bonds. The van der Waals surface area contributed by atoms with Crippen molar-refractivity contribution in [1.82, 2.24) is 9.88 Å². The minimum Gasteiger partial charge on any atom is -0.453 e. The van der Waals surface area contributed by atoms with Gasteiger partial charge in [0, 0.05) is 35.7 Å². The summed E-state index contributed by atoms with van der Waals surface area (Å²) in [5.41, 5.74) is 12.1. The number of nitrogens with zero attached hydrogens (tertiary/aromatic N) is 2. The highest BCUT2D eigenvalue weighted by molar-refractivity contribution is 5.94. The number of nitrogens with one attached hydrogen (secondary N) is 1. The van der Waals surface area contributed by atoms with Crippen molar-refractivity contribution in [2.75, 3.05) is 19.5 Å². The number of hydrogen-bond donors (Lipinski definition) is 2. The Labute approximate surface area is 237 Å². The first-order valence-corrected chi connectivity index (χ1v) is 14.4. The molecule has 1 atom stereocenters. The molecule has 1 unspecified atom stereocenters. The summed E-state index contributed by atoms with van der Waals surface area (Å²) in [5.74, 6) is 0.117. The largest absolute Gasteiger partial charge is 0.453 e. The van der Waals surface area contributed by atoms with Crippen molar-refractivity contribution in [1.29, 1.82) is 0 Å². The number of aromatic nitrogens is 1. The molecule has 0 radical (unpaired) electrons. The number of pyridine rings is 1. The van der Waals surface area contributed by atoms with Crippen LogP contribution in [0.25, 0.3) is 22.4 Å². The van der Waals surface area contributed by atoms with E-state index in [9.17, 15) is 9.59 Å². The summed E-state index contributed by atoms with van der Waals surface area (Å²) in [6, 6.07) is 20.8. The fraction of sp³-hybridized carbons (Fsp3) is 0.424. The molecule has 2 aliphatic rings. The summed E-state index contributed by atoms with van der Waals surface area (Å²) in [6.45, 7) is 2.00. The summed E-state index contributed by atoms with van der Waals surface area (Å²) in [4.78, 5) is 31.7. The zero-order valence-electron chi connectivity index (χ0n) is 23.7. The molecule has 7 nitrogen and oxygen atoms in total. The van der Waals surface area contributed by atoms with Crippen LogP contribution in [0, 0.1) is 11.8 Å². The second-order valence-corrected chi connectivity index (χ2v) is 11.5. The first kappa shape index (κ1) is 27.8. The lowest BCUT2D eigenvalue weighted by Crippen LogP contribution is -2.43. The Morgan fingerprint density at radius 3 is 2.30 bits per heavy atom. The molecule has 0 spiro atoms. The van der Waals surface area contributed by atoms with Crippen molar-refractivity contribution < 1.29 is 14.3 Å². The monoisotopic (exact) mass is 540 g/mol. The number of anilines is 1. The summed E-state index contributed by atoms with van der Waals surface area (Å²) in [5, 5.41) is 3.13. The zero-order chi connectivity index (χ0) is 28.3. The van der Waals surface area contributed by atoms with Crippen LogP contribution < -0.4 is 11.1 Å². The number of nitrogens with two attached hydrogens (primary N) is 1. The van der Waals surface area contributed by atoms with Crippen molar-refractivity contribution in [3.8, 4) is 22.4 Å². The van der Waals surface area contributed by atoms with E-state index in [1.165, 1.54) is 19.1 Å². The number of rotatable bonds is 7. The highest BCUT2D eigenvalue weighted by Gasteiger charge is 2.34. The fourth-order valence-corrected chi connectivity index (χ4v) is 6.16. The minimum absolute atomic E-state index is 0.00331. The zero-order valence-corrected chi connectivity index (χ0v) is 23.7. The van der Waals surface area contributed by atoms with Crippen LogP contribution in [-0.4, -0.2) is 42.1 Å². The molecule has 7 heteroatoms. The van der Waals surface area contributed by atoms with Crippen LogP contribution in [0.15, 0.2) is 66.9 Å². The molecule has 2 saturated carbocycles.